The lowest BCUT2D eigenvalue weighted by Gasteiger charge is -2.18. The molecule has 0 saturated carbocycles. The molecule has 0 bridgehead atoms. The molecule has 0 spiro atoms. The zero-order valence-electron chi connectivity index (χ0n) is 9.11. The first-order chi connectivity index (χ1) is 7.47. The Morgan fingerprint density at radius 3 is 2.62 bits per heavy atom. The smallest absolute Gasteiger partial charge is 0.258 e. The van der Waals surface area contributed by atoms with Gasteiger partial charge in [-0.05, 0) is 12.5 Å². The van der Waals surface area contributed by atoms with Crippen LogP contribution in [0, 0.1) is 10.1 Å². The second-order valence-electron chi connectivity index (χ2n) is 3.65. The molecule has 0 aromatic heterocycles. The Kier molecular flexibility index (Phi) is 4.74. The topological polar surface area (TPSA) is 43.1 Å². The molecule has 3 nitrogen and oxygen atoms in total. The van der Waals surface area contributed by atoms with Crippen molar-refractivity contribution < 1.29 is 4.92 Å². The molecule has 0 saturated heterocycles. The van der Waals surface area contributed by atoms with Crippen molar-refractivity contribution in [3.63, 3.8) is 0 Å². The summed E-state index contributed by atoms with van der Waals surface area (Å²) >= 11 is 9.26. The number of alkyl halides is 1. The maximum atomic E-state index is 10.9. The molecular formula is C11H13BrClNO2. The largest absolute Gasteiger partial charge is 0.274 e. The Balaban J connectivity index is 3.26. The number of hydrogen-bond donors (Lipinski definition) is 0. The molecule has 0 aliphatic rings. The molecule has 0 heterocycles. The first-order valence-corrected chi connectivity index (χ1v) is 6.34. The van der Waals surface area contributed by atoms with Crippen LogP contribution >= 0.6 is 27.5 Å². The third-order valence-corrected chi connectivity index (χ3v) is 3.46. The summed E-state index contributed by atoms with van der Waals surface area (Å²) in [7, 11) is 0. The standard InChI is InChI=1S/C11H13BrClNO2/c1-3-9(7(2)12)10-5-4-8(13)6-11(10)14(15)16/h4-7,9H,3H2,1-2H3. The summed E-state index contributed by atoms with van der Waals surface area (Å²) < 4.78 is 0. The van der Waals surface area contributed by atoms with Crippen molar-refractivity contribution in [2.75, 3.05) is 0 Å². The minimum absolute atomic E-state index is 0.102. The van der Waals surface area contributed by atoms with Crippen molar-refractivity contribution in [1.82, 2.24) is 0 Å². The van der Waals surface area contributed by atoms with Gasteiger partial charge in [-0.3, -0.25) is 10.1 Å². The van der Waals surface area contributed by atoms with Crippen molar-refractivity contribution in [2.24, 2.45) is 0 Å². The van der Waals surface area contributed by atoms with Gasteiger partial charge in [-0.2, -0.15) is 0 Å². The van der Waals surface area contributed by atoms with Crippen LogP contribution < -0.4 is 0 Å². The highest BCUT2D eigenvalue weighted by molar-refractivity contribution is 9.09. The molecule has 0 amide bonds. The van der Waals surface area contributed by atoms with Gasteiger partial charge in [0.1, 0.15) is 0 Å². The van der Waals surface area contributed by atoms with Gasteiger partial charge >= 0.3 is 0 Å². The van der Waals surface area contributed by atoms with E-state index in [9.17, 15) is 10.1 Å². The summed E-state index contributed by atoms with van der Waals surface area (Å²) in [5, 5.41) is 11.3. The minimum Gasteiger partial charge on any atom is -0.258 e. The molecule has 0 aliphatic heterocycles. The molecule has 0 N–H and O–H groups in total. The summed E-state index contributed by atoms with van der Waals surface area (Å²) in [5.41, 5.74) is 0.840. The lowest BCUT2D eigenvalue weighted by atomic mass is 9.92. The summed E-state index contributed by atoms with van der Waals surface area (Å²) in [5.74, 6) is 0.123. The van der Waals surface area contributed by atoms with E-state index in [4.69, 9.17) is 11.6 Å². The predicted molar refractivity (Wildman–Crippen MR) is 69.5 cm³/mol. The van der Waals surface area contributed by atoms with Gasteiger partial charge in [0.25, 0.3) is 5.69 Å². The van der Waals surface area contributed by atoms with Crippen LogP contribution in [0.25, 0.3) is 0 Å². The monoisotopic (exact) mass is 305 g/mol. The van der Waals surface area contributed by atoms with Gasteiger partial charge in [-0.1, -0.05) is 47.4 Å². The first-order valence-electron chi connectivity index (χ1n) is 5.05. The molecule has 1 aromatic rings. The molecule has 2 unspecified atom stereocenters. The third kappa shape index (κ3) is 2.95. The summed E-state index contributed by atoms with van der Waals surface area (Å²) in [6, 6.07) is 4.85. The summed E-state index contributed by atoms with van der Waals surface area (Å²) in [4.78, 5) is 10.8. The van der Waals surface area contributed by atoms with E-state index in [2.05, 4.69) is 15.9 Å². The number of nitro benzene ring substituents is 1. The third-order valence-electron chi connectivity index (χ3n) is 2.58. The fraction of sp³-hybridized carbons (Fsp3) is 0.455. The van der Waals surface area contributed by atoms with Crippen molar-refractivity contribution in [3.05, 3.63) is 38.9 Å². The van der Waals surface area contributed by atoms with Crippen LogP contribution in [0.2, 0.25) is 5.02 Å². The second kappa shape index (κ2) is 5.64. The summed E-state index contributed by atoms with van der Waals surface area (Å²) in [6.45, 7) is 4.01. The number of nitrogens with zero attached hydrogens (tertiary/aromatic N) is 1. The number of nitro groups is 1. The first kappa shape index (κ1) is 13.5. The molecule has 1 rings (SSSR count). The minimum atomic E-state index is -0.376. The zero-order valence-corrected chi connectivity index (χ0v) is 11.5. The molecule has 2 atom stereocenters. The zero-order chi connectivity index (χ0) is 12.3. The van der Waals surface area contributed by atoms with Crippen LogP contribution in [0.1, 0.15) is 31.7 Å². The van der Waals surface area contributed by atoms with E-state index in [0.29, 0.717) is 5.02 Å². The maximum Gasteiger partial charge on any atom is 0.274 e. The number of halogens is 2. The van der Waals surface area contributed by atoms with E-state index < -0.39 is 0 Å². The Morgan fingerprint density at radius 1 is 1.56 bits per heavy atom. The molecule has 0 fully saturated rings. The highest BCUT2D eigenvalue weighted by Crippen LogP contribution is 2.35. The molecule has 88 valence electrons. The van der Waals surface area contributed by atoms with E-state index in [-0.39, 0.29) is 21.4 Å². The fourth-order valence-corrected chi connectivity index (χ4v) is 2.61. The van der Waals surface area contributed by atoms with E-state index >= 15 is 0 Å². The van der Waals surface area contributed by atoms with Crippen LogP contribution in [0.3, 0.4) is 0 Å². The van der Waals surface area contributed by atoms with Gasteiger partial charge in [0.05, 0.1) is 4.92 Å². The van der Waals surface area contributed by atoms with Gasteiger partial charge in [0.2, 0.25) is 0 Å². The molecule has 5 heteroatoms. The average molecular weight is 307 g/mol. The van der Waals surface area contributed by atoms with E-state index in [1.807, 2.05) is 13.8 Å². The number of benzene rings is 1. The highest BCUT2D eigenvalue weighted by atomic mass is 79.9. The quantitative estimate of drug-likeness (QED) is 0.466. The second-order valence-corrected chi connectivity index (χ2v) is 5.53. The highest BCUT2D eigenvalue weighted by Gasteiger charge is 2.24. The Labute approximate surface area is 108 Å². The molecule has 0 radical (unpaired) electrons. The lowest BCUT2D eigenvalue weighted by molar-refractivity contribution is -0.385. The average Bonchev–Trinajstić information content (AvgIpc) is 2.20. The van der Waals surface area contributed by atoms with E-state index in [0.717, 1.165) is 12.0 Å². The molecular weight excluding hydrogens is 293 g/mol. The Bertz CT molecular complexity index is 396. The van der Waals surface area contributed by atoms with Crippen molar-refractivity contribution >= 4 is 33.2 Å². The van der Waals surface area contributed by atoms with Gasteiger partial charge in [-0.15, -0.1) is 0 Å². The van der Waals surface area contributed by atoms with E-state index in [1.165, 1.54) is 6.07 Å². The van der Waals surface area contributed by atoms with E-state index in [1.54, 1.807) is 12.1 Å². The Hall–Kier alpha value is -0.610. The predicted octanol–water partition coefficient (Wildman–Crippen LogP) is 4.53. The Morgan fingerprint density at radius 2 is 2.19 bits per heavy atom. The van der Waals surface area contributed by atoms with Gasteiger partial charge < -0.3 is 0 Å². The SMILES string of the molecule is CCC(c1ccc(Cl)cc1[N+](=O)[O-])C(C)Br. The molecule has 1 aromatic carbocycles. The normalized spacial score (nSPS) is 14.5. The maximum absolute atomic E-state index is 10.9. The van der Waals surface area contributed by atoms with Crippen molar-refractivity contribution in [1.29, 1.82) is 0 Å². The molecule has 16 heavy (non-hydrogen) atoms. The van der Waals surface area contributed by atoms with Crippen LogP contribution in [0.5, 0.6) is 0 Å². The van der Waals surface area contributed by atoms with Crippen LogP contribution in [0.4, 0.5) is 5.69 Å². The van der Waals surface area contributed by atoms with Crippen molar-refractivity contribution in [3.8, 4) is 0 Å². The van der Waals surface area contributed by atoms with Crippen molar-refractivity contribution in [2.45, 2.75) is 31.0 Å². The van der Waals surface area contributed by atoms with Gasteiger partial charge in [0, 0.05) is 27.4 Å². The summed E-state index contributed by atoms with van der Waals surface area (Å²) in [6.07, 6.45) is 0.842. The van der Waals surface area contributed by atoms with Gasteiger partial charge in [0.15, 0.2) is 0 Å². The number of hydrogen-bond acceptors (Lipinski definition) is 2. The van der Waals surface area contributed by atoms with Gasteiger partial charge in [-0.25, -0.2) is 0 Å². The molecule has 0 aliphatic carbocycles. The van der Waals surface area contributed by atoms with Crippen LogP contribution in [0.15, 0.2) is 18.2 Å². The fourth-order valence-electron chi connectivity index (χ4n) is 1.78. The van der Waals surface area contributed by atoms with Crippen LogP contribution in [-0.4, -0.2) is 9.75 Å². The van der Waals surface area contributed by atoms with Crippen LogP contribution in [-0.2, 0) is 0 Å². The number of rotatable bonds is 4. The lowest BCUT2D eigenvalue weighted by Crippen LogP contribution is -2.10.